The van der Waals surface area contributed by atoms with E-state index < -0.39 is 39.8 Å². The number of sulfonamides is 1. The highest BCUT2D eigenvalue weighted by Gasteiger charge is 2.43. The van der Waals surface area contributed by atoms with Crippen molar-refractivity contribution in [1.29, 1.82) is 0 Å². The Bertz CT molecular complexity index is 1580. The van der Waals surface area contributed by atoms with Gasteiger partial charge in [0.25, 0.3) is 10.0 Å². The van der Waals surface area contributed by atoms with E-state index in [-0.39, 0.29) is 35.4 Å². The minimum atomic E-state index is -4.13. The number of nitrogens with one attached hydrogen (secondary N) is 2. The van der Waals surface area contributed by atoms with Crippen LogP contribution in [-0.4, -0.2) is 59.6 Å². The first-order chi connectivity index (χ1) is 18.8. The zero-order valence-corrected chi connectivity index (χ0v) is 23.7. The molecule has 0 aliphatic carbocycles. The molecule has 2 atom stereocenters. The summed E-state index contributed by atoms with van der Waals surface area (Å²) in [6.45, 7) is 9.18. The molecule has 1 aromatic heterocycles. The van der Waals surface area contributed by atoms with Gasteiger partial charge >= 0.3 is 6.09 Å². The first-order valence-electron chi connectivity index (χ1n) is 12.8. The monoisotopic (exact) mass is 565 g/mol. The van der Waals surface area contributed by atoms with Crippen LogP contribution in [-0.2, 0) is 19.6 Å². The number of ether oxygens (including phenoxy) is 2. The van der Waals surface area contributed by atoms with Crippen LogP contribution in [0.4, 0.5) is 16.4 Å². The van der Waals surface area contributed by atoms with Crippen LogP contribution in [0.25, 0.3) is 11.3 Å². The van der Waals surface area contributed by atoms with E-state index in [1.165, 1.54) is 23.1 Å². The van der Waals surface area contributed by atoms with Gasteiger partial charge in [-0.3, -0.25) is 9.69 Å². The maximum absolute atomic E-state index is 13.4. The summed E-state index contributed by atoms with van der Waals surface area (Å²) in [5.41, 5.74) is 2.65. The lowest BCUT2D eigenvalue weighted by Gasteiger charge is -2.27. The van der Waals surface area contributed by atoms with E-state index >= 15 is 0 Å². The zero-order chi connectivity index (χ0) is 28.8. The van der Waals surface area contributed by atoms with Crippen molar-refractivity contribution in [2.45, 2.75) is 63.7 Å². The van der Waals surface area contributed by atoms with Crippen LogP contribution in [0.15, 0.2) is 53.4 Å². The molecule has 210 valence electrons. The Labute approximate surface area is 233 Å². The first kappa shape index (κ1) is 27.4. The fraction of sp³-hybridized carbons (Fsp3) is 0.357. The van der Waals surface area contributed by atoms with Gasteiger partial charge in [-0.25, -0.2) is 22.9 Å². The molecule has 0 saturated carbocycles. The summed E-state index contributed by atoms with van der Waals surface area (Å²) in [5.74, 6) is -0.553. The molecule has 5 rings (SSSR count). The average Bonchev–Trinajstić information content (AvgIpc) is 3.26. The molecular formula is C28H31N5O6S. The van der Waals surface area contributed by atoms with Gasteiger partial charge in [-0.1, -0.05) is 24.3 Å². The number of aromatic nitrogens is 2. The topological polar surface area (TPSA) is 140 Å². The summed E-state index contributed by atoms with van der Waals surface area (Å²) in [6.07, 6.45) is -1.10. The van der Waals surface area contributed by atoms with Crippen LogP contribution in [0, 0.1) is 13.8 Å². The van der Waals surface area contributed by atoms with Crippen molar-refractivity contribution in [3.8, 4) is 17.1 Å². The van der Waals surface area contributed by atoms with Crippen LogP contribution in [0.2, 0.25) is 0 Å². The lowest BCUT2D eigenvalue weighted by molar-refractivity contribution is -0.120. The number of aryl methyl sites for hydroxylation is 2. The van der Waals surface area contributed by atoms with Gasteiger partial charge in [-0.15, -0.1) is 0 Å². The number of likely N-dealkylation sites (tertiary alicyclic amines) is 1. The summed E-state index contributed by atoms with van der Waals surface area (Å²) >= 11 is 0. The molecule has 2 N–H and O–H groups in total. The number of benzene rings is 2. The summed E-state index contributed by atoms with van der Waals surface area (Å²) in [6, 6.07) is 12.3. The molecule has 40 heavy (non-hydrogen) atoms. The third-order valence-electron chi connectivity index (χ3n) is 6.56. The van der Waals surface area contributed by atoms with Crippen molar-refractivity contribution in [3.63, 3.8) is 0 Å². The van der Waals surface area contributed by atoms with Crippen LogP contribution in [0.3, 0.4) is 0 Å². The first-order valence-corrected chi connectivity index (χ1v) is 14.3. The number of hydrogen-bond donors (Lipinski definition) is 2. The minimum Gasteiger partial charge on any atom is -0.472 e. The van der Waals surface area contributed by atoms with E-state index in [1.54, 1.807) is 32.9 Å². The highest BCUT2D eigenvalue weighted by Crippen LogP contribution is 2.32. The van der Waals surface area contributed by atoms with Gasteiger partial charge in [0, 0.05) is 23.7 Å². The van der Waals surface area contributed by atoms with Crippen LogP contribution < -0.4 is 14.8 Å². The van der Waals surface area contributed by atoms with E-state index in [1.807, 2.05) is 32.0 Å². The summed E-state index contributed by atoms with van der Waals surface area (Å²) < 4.78 is 40.8. The van der Waals surface area contributed by atoms with Gasteiger partial charge in [0.05, 0.1) is 17.1 Å². The molecular weight excluding hydrogens is 534 g/mol. The van der Waals surface area contributed by atoms with E-state index in [4.69, 9.17) is 9.47 Å². The molecule has 12 heteroatoms. The lowest BCUT2D eigenvalue weighted by Crippen LogP contribution is -2.45. The Morgan fingerprint density at radius 3 is 2.48 bits per heavy atom. The van der Waals surface area contributed by atoms with Gasteiger partial charge in [-0.2, -0.15) is 4.98 Å². The fourth-order valence-corrected chi connectivity index (χ4v) is 5.84. The second kappa shape index (κ2) is 10.1. The number of nitrogens with zero attached hydrogens (tertiary/aromatic N) is 3. The Morgan fingerprint density at radius 2 is 1.77 bits per heavy atom. The summed E-state index contributed by atoms with van der Waals surface area (Å²) in [5, 5.41) is 2.73. The number of rotatable bonds is 1. The normalized spacial score (nSPS) is 20.0. The van der Waals surface area contributed by atoms with Gasteiger partial charge in [0.2, 0.25) is 17.7 Å². The number of hydrogen-bond acceptors (Lipinski definition) is 8. The van der Waals surface area contributed by atoms with Gasteiger partial charge in [-0.05, 0) is 63.9 Å². The van der Waals surface area contributed by atoms with Crippen molar-refractivity contribution in [3.05, 3.63) is 59.7 Å². The molecule has 2 aliphatic heterocycles. The third-order valence-corrected chi connectivity index (χ3v) is 7.88. The predicted octanol–water partition coefficient (Wildman–Crippen LogP) is 4.27. The molecule has 6 bridgehead atoms. The SMILES string of the molecule is Cc1cccc(C)c1-c1cc2nc(n1)NS(=O)(=O)c1cccc(c1)NC(=O)[C@H]1C[C@H](CN1C(=O)OC(C)(C)C)O2. The van der Waals surface area contributed by atoms with Gasteiger partial charge in [0.1, 0.15) is 17.7 Å². The van der Waals surface area contributed by atoms with E-state index in [9.17, 15) is 18.0 Å². The molecule has 3 heterocycles. The number of carbonyl (C=O) groups is 2. The van der Waals surface area contributed by atoms with Crippen molar-refractivity contribution in [1.82, 2.24) is 14.9 Å². The molecule has 0 unspecified atom stereocenters. The Balaban J connectivity index is 1.63. The van der Waals surface area contributed by atoms with Gasteiger partial charge < -0.3 is 14.8 Å². The molecule has 3 aromatic rings. The Kier molecular flexibility index (Phi) is 6.90. The molecule has 2 aliphatic rings. The third kappa shape index (κ3) is 5.71. The minimum absolute atomic E-state index is 0.0663. The lowest BCUT2D eigenvalue weighted by atomic mass is 10.00. The number of fused-ring (bicyclic) bond motifs is 6. The zero-order valence-electron chi connectivity index (χ0n) is 22.9. The summed E-state index contributed by atoms with van der Waals surface area (Å²) in [4.78, 5) is 36.6. The molecule has 0 radical (unpaired) electrons. The quantitative estimate of drug-likeness (QED) is 0.446. The molecule has 11 nitrogen and oxygen atoms in total. The van der Waals surface area contributed by atoms with Crippen molar-refractivity contribution >= 4 is 33.7 Å². The average molecular weight is 566 g/mol. The van der Waals surface area contributed by atoms with E-state index in [2.05, 4.69) is 20.0 Å². The second-order valence-electron chi connectivity index (χ2n) is 10.9. The second-order valence-corrected chi connectivity index (χ2v) is 12.6. The largest absolute Gasteiger partial charge is 0.472 e. The number of anilines is 2. The van der Waals surface area contributed by atoms with Gasteiger partial charge in [0.15, 0.2) is 0 Å². The molecule has 0 spiro atoms. The fourth-order valence-electron chi connectivity index (χ4n) is 4.85. The van der Waals surface area contributed by atoms with Crippen LogP contribution in [0.5, 0.6) is 5.88 Å². The van der Waals surface area contributed by atoms with E-state index in [0.29, 0.717) is 5.69 Å². The van der Waals surface area contributed by atoms with Crippen molar-refractivity contribution in [2.75, 3.05) is 16.6 Å². The Hall–Kier alpha value is -4.19. The molecule has 1 saturated heterocycles. The summed E-state index contributed by atoms with van der Waals surface area (Å²) in [7, 11) is -4.13. The van der Waals surface area contributed by atoms with Crippen LogP contribution in [0.1, 0.15) is 38.3 Å². The number of carbonyl (C=O) groups excluding carboxylic acids is 2. The molecule has 2 aromatic carbocycles. The van der Waals surface area contributed by atoms with Crippen molar-refractivity contribution < 1.29 is 27.5 Å². The standard InChI is InChI=1S/C28H31N5O6S/c1-16-8-6-9-17(2)24(16)21-14-23-31-26(30-21)32-40(36,37)20-11-7-10-18(12-20)29-25(34)22-13-19(38-23)15-33(22)27(35)39-28(3,4)5/h6-12,14,19,22H,13,15H2,1-5H3,(H,29,34)(H,30,31,32)/t19-,22-/m1/s1. The van der Waals surface area contributed by atoms with Crippen LogP contribution >= 0.6 is 0 Å². The maximum Gasteiger partial charge on any atom is 0.411 e. The smallest absolute Gasteiger partial charge is 0.411 e. The highest BCUT2D eigenvalue weighted by atomic mass is 32.2. The maximum atomic E-state index is 13.4. The predicted molar refractivity (Wildman–Crippen MR) is 149 cm³/mol. The van der Waals surface area contributed by atoms with Crippen molar-refractivity contribution in [2.24, 2.45) is 0 Å². The Morgan fingerprint density at radius 1 is 1.07 bits per heavy atom. The molecule has 2 amide bonds. The highest BCUT2D eigenvalue weighted by molar-refractivity contribution is 7.92. The van der Waals surface area contributed by atoms with E-state index in [0.717, 1.165) is 16.7 Å². The molecule has 1 fully saturated rings. The number of amides is 2.